The second-order valence-corrected chi connectivity index (χ2v) is 6.42. The quantitative estimate of drug-likeness (QED) is 0.568. The molecule has 0 saturated carbocycles. The van der Waals surface area contributed by atoms with Crippen molar-refractivity contribution in [3.05, 3.63) is 63.8 Å². The number of hydrogen-bond donors (Lipinski definition) is 1. The Labute approximate surface area is 149 Å². The van der Waals surface area contributed by atoms with Gasteiger partial charge < -0.3 is 4.98 Å². The molecule has 0 radical (unpaired) electrons. The molecule has 2 aromatic carbocycles. The minimum atomic E-state index is -0.0747. The Morgan fingerprint density at radius 2 is 1.92 bits per heavy atom. The van der Waals surface area contributed by atoms with Crippen LogP contribution in [0.15, 0.2) is 41.2 Å². The van der Waals surface area contributed by atoms with Crippen molar-refractivity contribution in [3.8, 4) is 6.07 Å². The van der Waals surface area contributed by atoms with Crippen LogP contribution in [0.4, 0.5) is 0 Å². The zero-order valence-electron chi connectivity index (χ0n) is 14.7. The smallest absolute Gasteiger partial charge is 0.328 e. The molecule has 0 aliphatic rings. The standard InChI is InChI=1S/C20H17N5O/c1-12-4-6-15-16(8-12)23-19(22-15)14(11-21)9-13-5-7-17-18(10-13)25(3)20(26)24(17)2/h4-10H,1-3H3,(H,22,23)/b14-9+. The van der Waals surface area contributed by atoms with E-state index in [4.69, 9.17) is 0 Å². The molecule has 26 heavy (non-hydrogen) atoms. The second-order valence-electron chi connectivity index (χ2n) is 6.42. The first-order chi connectivity index (χ1) is 12.5. The van der Waals surface area contributed by atoms with Crippen molar-refractivity contribution in [3.63, 3.8) is 0 Å². The van der Waals surface area contributed by atoms with Gasteiger partial charge in [-0.05, 0) is 48.4 Å². The van der Waals surface area contributed by atoms with Gasteiger partial charge in [-0.1, -0.05) is 12.1 Å². The van der Waals surface area contributed by atoms with Gasteiger partial charge in [0.2, 0.25) is 0 Å². The predicted octanol–water partition coefficient (Wildman–Crippen LogP) is 3.13. The molecule has 0 saturated heterocycles. The molecule has 2 heterocycles. The van der Waals surface area contributed by atoms with Crippen LogP contribution >= 0.6 is 0 Å². The molecule has 0 bridgehead atoms. The summed E-state index contributed by atoms with van der Waals surface area (Å²) >= 11 is 0. The molecular weight excluding hydrogens is 326 g/mol. The minimum absolute atomic E-state index is 0.0747. The Morgan fingerprint density at radius 3 is 2.69 bits per heavy atom. The van der Waals surface area contributed by atoms with E-state index in [1.165, 1.54) is 0 Å². The van der Waals surface area contributed by atoms with Crippen LogP contribution in [0.3, 0.4) is 0 Å². The first-order valence-electron chi connectivity index (χ1n) is 8.22. The molecule has 0 amide bonds. The Hall–Kier alpha value is -3.59. The fourth-order valence-corrected chi connectivity index (χ4v) is 3.18. The van der Waals surface area contributed by atoms with E-state index in [1.54, 1.807) is 29.3 Å². The summed E-state index contributed by atoms with van der Waals surface area (Å²) in [6.07, 6.45) is 1.78. The average Bonchev–Trinajstić information content (AvgIpc) is 3.14. The molecule has 0 fully saturated rings. The molecule has 0 aliphatic carbocycles. The van der Waals surface area contributed by atoms with Crippen molar-refractivity contribution >= 4 is 33.7 Å². The number of allylic oxidation sites excluding steroid dienone is 1. The fourth-order valence-electron chi connectivity index (χ4n) is 3.18. The van der Waals surface area contributed by atoms with Crippen LogP contribution in [0.25, 0.3) is 33.7 Å². The van der Waals surface area contributed by atoms with Gasteiger partial charge in [-0.2, -0.15) is 5.26 Å². The number of rotatable bonds is 2. The third kappa shape index (κ3) is 2.42. The number of H-pyrrole nitrogens is 1. The summed E-state index contributed by atoms with van der Waals surface area (Å²) in [6, 6.07) is 13.8. The van der Waals surface area contributed by atoms with Crippen LogP contribution in [0, 0.1) is 18.3 Å². The maximum Gasteiger partial charge on any atom is 0.328 e. The second kappa shape index (κ2) is 5.74. The van der Waals surface area contributed by atoms with Gasteiger partial charge in [-0.15, -0.1) is 0 Å². The molecule has 6 nitrogen and oxygen atoms in total. The topological polar surface area (TPSA) is 79.4 Å². The molecule has 0 aliphatic heterocycles. The monoisotopic (exact) mass is 343 g/mol. The van der Waals surface area contributed by atoms with Crippen molar-refractivity contribution in [2.45, 2.75) is 6.92 Å². The van der Waals surface area contributed by atoms with Crippen molar-refractivity contribution in [1.29, 1.82) is 5.26 Å². The van der Waals surface area contributed by atoms with E-state index < -0.39 is 0 Å². The van der Waals surface area contributed by atoms with Crippen molar-refractivity contribution in [2.24, 2.45) is 14.1 Å². The van der Waals surface area contributed by atoms with Gasteiger partial charge in [0.15, 0.2) is 0 Å². The normalized spacial score (nSPS) is 12.0. The first-order valence-corrected chi connectivity index (χ1v) is 8.22. The number of aromatic nitrogens is 4. The van der Waals surface area contributed by atoms with Gasteiger partial charge in [0, 0.05) is 14.1 Å². The highest BCUT2D eigenvalue weighted by atomic mass is 16.1. The Kier molecular flexibility index (Phi) is 3.51. The van der Waals surface area contributed by atoms with E-state index >= 15 is 0 Å². The van der Waals surface area contributed by atoms with Gasteiger partial charge in [0.1, 0.15) is 11.9 Å². The number of benzene rings is 2. The summed E-state index contributed by atoms with van der Waals surface area (Å²) in [5.74, 6) is 0.537. The van der Waals surface area contributed by atoms with Crippen molar-refractivity contribution in [1.82, 2.24) is 19.1 Å². The average molecular weight is 343 g/mol. The van der Waals surface area contributed by atoms with Crippen LogP contribution < -0.4 is 5.69 Å². The SMILES string of the molecule is Cc1ccc2nc(/C(C#N)=C/c3ccc4c(c3)n(C)c(=O)n4C)[nH]c2c1. The summed E-state index contributed by atoms with van der Waals surface area (Å²) in [7, 11) is 3.49. The van der Waals surface area contributed by atoms with Gasteiger partial charge in [-0.3, -0.25) is 9.13 Å². The van der Waals surface area contributed by atoms with Crippen LogP contribution in [-0.4, -0.2) is 19.1 Å². The van der Waals surface area contributed by atoms with Crippen LogP contribution in [-0.2, 0) is 14.1 Å². The number of hydrogen-bond acceptors (Lipinski definition) is 3. The van der Waals surface area contributed by atoms with E-state index in [1.807, 2.05) is 43.3 Å². The van der Waals surface area contributed by atoms with E-state index in [-0.39, 0.29) is 5.69 Å². The van der Waals surface area contributed by atoms with E-state index in [9.17, 15) is 10.1 Å². The van der Waals surface area contributed by atoms with Gasteiger partial charge in [0.05, 0.1) is 27.6 Å². The summed E-state index contributed by atoms with van der Waals surface area (Å²) < 4.78 is 3.21. The molecular formula is C20H17N5O. The van der Waals surface area contributed by atoms with Crippen molar-refractivity contribution < 1.29 is 0 Å². The molecule has 4 rings (SSSR count). The van der Waals surface area contributed by atoms with E-state index in [0.29, 0.717) is 11.4 Å². The summed E-state index contributed by atoms with van der Waals surface area (Å²) in [5.41, 5.74) is 5.75. The summed E-state index contributed by atoms with van der Waals surface area (Å²) in [4.78, 5) is 19.8. The van der Waals surface area contributed by atoms with Crippen molar-refractivity contribution in [2.75, 3.05) is 0 Å². The largest absolute Gasteiger partial charge is 0.337 e. The lowest BCUT2D eigenvalue weighted by Crippen LogP contribution is -2.19. The van der Waals surface area contributed by atoms with E-state index in [0.717, 1.165) is 33.2 Å². The molecule has 0 atom stereocenters. The Bertz CT molecular complexity index is 1290. The molecule has 1 N–H and O–H groups in total. The number of nitrogens with one attached hydrogen (secondary N) is 1. The number of nitrogens with zero attached hydrogens (tertiary/aromatic N) is 4. The maximum atomic E-state index is 12.1. The molecule has 6 heteroatoms. The zero-order chi connectivity index (χ0) is 18.4. The lowest BCUT2D eigenvalue weighted by atomic mass is 10.1. The molecule has 0 unspecified atom stereocenters. The lowest BCUT2D eigenvalue weighted by Gasteiger charge is -1.99. The number of fused-ring (bicyclic) bond motifs is 2. The van der Waals surface area contributed by atoms with E-state index in [2.05, 4.69) is 16.0 Å². The van der Waals surface area contributed by atoms with Gasteiger partial charge in [0.25, 0.3) is 0 Å². The third-order valence-corrected chi connectivity index (χ3v) is 4.62. The van der Waals surface area contributed by atoms with Crippen LogP contribution in [0.1, 0.15) is 17.0 Å². The molecule has 4 aromatic rings. The third-order valence-electron chi connectivity index (χ3n) is 4.62. The number of aromatic amines is 1. The predicted molar refractivity (Wildman–Crippen MR) is 102 cm³/mol. The highest BCUT2D eigenvalue weighted by Crippen LogP contribution is 2.22. The highest BCUT2D eigenvalue weighted by Gasteiger charge is 2.10. The summed E-state index contributed by atoms with van der Waals surface area (Å²) in [5, 5.41) is 9.60. The molecule has 2 aromatic heterocycles. The molecule has 0 spiro atoms. The Balaban J connectivity index is 1.84. The zero-order valence-corrected chi connectivity index (χ0v) is 14.7. The van der Waals surface area contributed by atoms with Crippen LogP contribution in [0.2, 0.25) is 0 Å². The summed E-state index contributed by atoms with van der Waals surface area (Å²) in [6.45, 7) is 2.01. The van der Waals surface area contributed by atoms with Gasteiger partial charge in [-0.25, -0.2) is 9.78 Å². The maximum absolute atomic E-state index is 12.1. The minimum Gasteiger partial charge on any atom is -0.337 e. The highest BCUT2D eigenvalue weighted by molar-refractivity contribution is 5.92. The van der Waals surface area contributed by atoms with Gasteiger partial charge >= 0.3 is 5.69 Å². The number of aryl methyl sites for hydroxylation is 3. The fraction of sp³-hybridized carbons (Fsp3) is 0.150. The van der Waals surface area contributed by atoms with Crippen LogP contribution in [0.5, 0.6) is 0 Å². The molecule has 128 valence electrons. The number of nitriles is 1. The first kappa shape index (κ1) is 15.9. The Morgan fingerprint density at radius 1 is 1.15 bits per heavy atom. The number of imidazole rings is 2. The lowest BCUT2D eigenvalue weighted by molar-refractivity contribution is 0.795.